The van der Waals surface area contributed by atoms with Crippen molar-refractivity contribution in [3.63, 3.8) is 0 Å². The molecular weight excluding hydrogens is 218 g/mol. The zero-order valence-corrected chi connectivity index (χ0v) is 8.85. The second-order valence-electron chi connectivity index (χ2n) is 2.66. The number of nitrogens with zero attached hydrogens (tertiary/aromatic N) is 2. The van der Waals surface area contributed by atoms with Crippen molar-refractivity contribution in [1.29, 1.82) is 0 Å². The molecule has 2 aromatic rings. The summed E-state index contributed by atoms with van der Waals surface area (Å²) >= 11 is 7.12. The molecular formula is C9H8ClN3S. The first-order valence-electron chi connectivity index (χ1n) is 4.07. The molecule has 3 nitrogen and oxygen atoms in total. The third kappa shape index (κ3) is 2.02. The van der Waals surface area contributed by atoms with E-state index in [1.165, 1.54) is 17.9 Å². The minimum atomic E-state index is 0.488. The second kappa shape index (κ2) is 4.39. The van der Waals surface area contributed by atoms with Crippen molar-refractivity contribution in [3.05, 3.63) is 36.2 Å². The van der Waals surface area contributed by atoms with E-state index in [1.54, 1.807) is 0 Å². The van der Waals surface area contributed by atoms with Crippen molar-refractivity contribution in [2.75, 3.05) is 5.32 Å². The van der Waals surface area contributed by atoms with Crippen LogP contribution in [0.3, 0.4) is 0 Å². The van der Waals surface area contributed by atoms with Gasteiger partial charge >= 0.3 is 0 Å². The summed E-state index contributed by atoms with van der Waals surface area (Å²) in [5.74, 6) is 0.488. The SMILES string of the molecule is ClCc1ccccc1Nc1ncns1. The molecule has 0 saturated carbocycles. The molecule has 0 amide bonds. The summed E-state index contributed by atoms with van der Waals surface area (Å²) < 4.78 is 3.91. The smallest absolute Gasteiger partial charge is 0.206 e. The lowest BCUT2D eigenvalue weighted by Crippen LogP contribution is -1.93. The maximum absolute atomic E-state index is 5.80. The van der Waals surface area contributed by atoms with E-state index >= 15 is 0 Å². The lowest BCUT2D eigenvalue weighted by atomic mass is 10.2. The van der Waals surface area contributed by atoms with Gasteiger partial charge in [0.25, 0.3) is 0 Å². The average Bonchev–Trinajstić information content (AvgIpc) is 2.71. The molecule has 14 heavy (non-hydrogen) atoms. The summed E-state index contributed by atoms with van der Waals surface area (Å²) in [6.07, 6.45) is 1.52. The zero-order chi connectivity index (χ0) is 9.80. The molecule has 0 radical (unpaired) electrons. The Kier molecular flexibility index (Phi) is 2.96. The monoisotopic (exact) mass is 225 g/mol. The Morgan fingerprint density at radius 2 is 2.21 bits per heavy atom. The van der Waals surface area contributed by atoms with Gasteiger partial charge < -0.3 is 5.32 Å². The number of nitrogens with one attached hydrogen (secondary N) is 1. The van der Waals surface area contributed by atoms with Crippen LogP contribution in [0.5, 0.6) is 0 Å². The lowest BCUT2D eigenvalue weighted by molar-refractivity contribution is 1.31. The van der Waals surface area contributed by atoms with Gasteiger partial charge in [-0.25, -0.2) is 4.98 Å². The molecule has 0 aliphatic rings. The van der Waals surface area contributed by atoms with Crippen LogP contribution in [0.4, 0.5) is 10.8 Å². The fourth-order valence-corrected chi connectivity index (χ4v) is 1.78. The van der Waals surface area contributed by atoms with E-state index in [0.717, 1.165) is 16.4 Å². The standard InChI is InChI=1S/C9H8ClN3S/c10-5-7-3-1-2-4-8(7)13-9-11-6-12-14-9/h1-4,6H,5H2,(H,11,12,13). The Labute approximate surface area is 90.9 Å². The maximum atomic E-state index is 5.80. The van der Waals surface area contributed by atoms with Gasteiger partial charge in [0.15, 0.2) is 0 Å². The van der Waals surface area contributed by atoms with E-state index < -0.39 is 0 Å². The van der Waals surface area contributed by atoms with Crippen LogP contribution in [0.2, 0.25) is 0 Å². The van der Waals surface area contributed by atoms with Crippen molar-refractivity contribution in [2.24, 2.45) is 0 Å². The highest BCUT2D eigenvalue weighted by Crippen LogP contribution is 2.22. The summed E-state index contributed by atoms with van der Waals surface area (Å²) in [5, 5.41) is 3.94. The third-order valence-corrected chi connectivity index (χ3v) is 2.63. The summed E-state index contributed by atoms with van der Waals surface area (Å²) in [6.45, 7) is 0. The van der Waals surface area contributed by atoms with Gasteiger partial charge in [-0.3, -0.25) is 0 Å². The number of para-hydroxylation sites is 1. The first-order chi connectivity index (χ1) is 6.90. The van der Waals surface area contributed by atoms with Crippen LogP contribution < -0.4 is 5.32 Å². The number of halogens is 1. The van der Waals surface area contributed by atoms with E-state index in [0.29, 0.717) is 5.88 Å². The highest BCUT2D eigenvalue weighted by molar-refractivity contribution is 7.09. The highest BCUT2D eigenvalue weighted by atomic mass is 35.5. The van der Waals surface area contributed by atoms with Gasteiger partial charge in [0.2, 0.25) is 5.13 Å². The first kappa shape index (κ1) is 9.43. The van der Waals surface area contributed by atoms with E-state index in [4.69, 9.17) is 11.6 Å². The quantitative estimate of drug-likeness (QED) is 0.816. The molecule has 0 aliphatic carbocycles. The van der Waals surface area contributed by atoms with Crippen LogP contribution in [0.25, 0.3) is 0 Å². The molecule has 2 rings (SSSR count). The van der Waals surface area contributed by atoms with E-state index in [9.17, 15) is 0 Å². The number of hydrogen-bond acceptors (Lipinski definition) is 4. The molecule has 1 aromatic carbocycles. The van der Waals surface area contributed by atoms with Crippen LogP contribution in [0.1, 0.15) is 5.56 Å². The Morgan fingerprint density at radius 1 is 1.36 bits per heavy atom. The van der Waals surface area contributed by atoms with Gasteiger partial charge in [0.1, 0.15) is 6.33 Å². The zero-order valence-electron chi connectivity index (χ0n) is 7.27. The van der Waals surface area contributed by atoms with E-state index in [-0.39, 0.29) is 0 Å². The van der Waals surface area contributed by atoms with Gasteiger partial charge in [-0.1, -0.05) is 18.2 Å². The molecule has 0 saturated heterocycles. The Bertz CT molecular complexity index is 402. The van der Waals surface area contributed by atoms with Crippen LogP contribution in [0.15, 0.2) is 30.6 Å². The number of aromatic nitrogens is 2. The molecule has 1 aromatic heterocycles. The maximum Gasteiger partial charge on any atom is 0.206 e. The van der Waals surface area contributed by atoms with E-state index in [1.807, 2.05) is 24.3 Å². The Balaban J connectivity index is 2.24. The van der Waals surface area contributed by atoms with Crippen molar-refractivity contribution >= 4 is 34.0 Å². The van der Waals surface area contributed by atoms with Gasteiger partial charge in [0, 0.05) is 23.1 Å². The van der Waals surface area contributed by atoms with Crippen LogP contribution >= 0.6 is 23.1 Å². The number of anilines is 2. The number of alkyl halides is 1. The second-order valence-corrected chi connectivity index (χ2v) is 3.71. The minimum Gasteiger partial charge on any atom is -0.330 e. The van der Waals surface area contributed by atoms with Crippen molar-refractivity contribution in [1.82, 2.24) is 9.36 Å². The number of rotatable bonds is 3. The Hall–Kier alpha value is -1.13. The molecule has 0 fully saturated rings. The minimum absolute atomic E-state index is 0.488. The molecule has 5 heteroatoms. The lowest BCUT2D eigenvalue weighted by Gasteiger charge is -2.06. The van der Waals surface area contributed by atoms with E-state index in [2.05, 4.69) is 14.7 Å². The molecule has 0 atom stereocenters. The normalized spacial score (nSPS) is 10.1. The summed E-state index contributed by atoms with van der Waals surface area (Å²) in [7, 11) is 0. The molecule has 1 heterocycles. The topological polar surface area (TPSA) is 37.8 Å². The van der Waals surface area contributed by atoms with Gasteiger partial charge in [-0.15, -0.1) is 11.6 Å². The fraction of sp³-hybridized carbons (Fsp3) is 0.111. The molecule has 0 bridgehead atoms. The van der Waals surface area contributed by atoms with Crippen LogP contribution in [0, 0.1) is 0 Å². The molecule has 0 spiro atoms. The van der Waals surface area contributed by atoms with Crippen molar-refractivity contribution in [3.8, 4) is 0 Å². The van der Waals surface area contributed by atoms with Crippen LogP contribution in [-0.2, 0) is 5.88 Å². The Morgan fingerprint density at radius 3 is 2.93 bits per heavy atom. The summed E-state index contributed by atoms with van der Waals surface area (Å²) in [4.78, 5) is 4.04. The molecule has 1 N–H and O–H groups in total. The summed E-state index contributed by atoms with van der Waals surface area (Å²) in [6, 6.07) is 7.87. The van der Waals surface area contributed by atoms with Crippen LogP contribution in [-0.4, -0.2) is 9.36 Å². The first-order valence-corrected chi connectivity index (χ1v) is 5.38. The summed E-state index contributed by atoms with van der Waals surface area (Å²) in [5.41, 5.74) is 2.05. The average molecular weight is 226 g/mol. The fourth-order valence-electron chi connectivity index (χ4n) is 1.10. The largest absolute Gasteiger partial charge is 0.330 e. The number of hydrogen-bond donors (Lipinski definition) is 1. The predicted octanol–water partition coefficient (Wildman–Crippen LogP) is 3.02. The third-order valence-electron chi connectivity index (χ3n) is 1.76. The molecule has 0 aliphatic heterocycles. The predicted molar refractivity (Wildman–Crippen MR) is 59.2 cm³/mol. The number of benzene rings is 1. The van der Waals surface area contributed by atoms with Crippen molar-refractivity contribution < 1.29 is 0 Å². The molecule has 72 valence electrons. The van der Waals surface area contributed by atoms with Crippen molar-refractivity contribution in [2.45, 2.75) is 5.88 Å². The van der Waals surface area contributed by atoms with Gasteiger partial charge in [0.05, 0.1) is 0 Å². The van der Waals surface area contributed by atoms with Gasteiger partial charge in [-0.05, 0) is 11.6 Å². The van der Waals surface area contributed by atoms with Gasteiger partial charge in [-0.2, -0.15) is 4.37 Å². The highest BCUT2D eigenvalue weighted by Gasteiger charge is 2.01. The molecule has 0 unspecified atom stereocenters.